The predicted molar refractivity (Wildman–Crippen MR) is 63.5 cm³/mol. The molecule has 17 heavy (non-hydrogen) atoms. The molecule has 2 aromatic rings. The third-order valence-corrected chi connectivity index (χ3v) is 2.68. The lowest BCUT2D eigenvalue weighted by Crippen LogP contribution is -2.12. The average molecular weight is 227 g/mol. The van der Waals surface area contributed by atoms with Gasteiger partial charge < -0.3 is 5.32 Å². The molecule has 0 amide bonds. The first kappa shape index (κ1) is 11.3. The number of aromatic nitrogens is 3. The van der Waals surface area contributed by atoms with Crippen LogP contribution in [-0.4, -0.2) is 21.8 Å². The van der Waals surface area contributed by atoms with Gasteiger partial charge in [-0.05, 0) is 31.7 Å². The maximum Gasteiger partial charge on any atom is 0.252 e. The molecule has 0 radical (unpaired) electrons. The van der Waals surface area contributed by atoms with Crippen LogP contribution in [0.1, 0.15) is 24.4 Å². The molecular weight excluding hydrogens is 214 g/mol. The number of hydrogen-bond acceptors (Lipinski definition) is 4. The summed E-state index contributed by atoms with van der Waals surface area (Å²) in [7, 11) is 1.93. The smallest absolute Gasteiger partial charge is 0.252 e. The highest BCUT2D eigenvalue weighted by molar-refractivity contribution is 5.34. The Balaban J connectivity index is 2.26. The highest BCUT2D eigenvalue weighted by Crippen LogP contribution is 2.14. The summed E-state index contributed by atoms with van der Waals surface area (Å²) in [5.74, 6) is 0.178. The van der Waals surface area contributed by atoms with Crippen LogP contribution in [0.5, 0.6) is 0 Å². The topological polar surface area (TPSA) is 66.5 Å². The molecule has 5 nitrogen and oxygen atoms in total. The molecule has 0 bridgehead atoms. The van der Waals surface area contributed by atoms with Gasteiger partial charge in [0, 0.05) is 6.04 Å². The molecular formula is C12H13N5. The van der Waals surface area contributed by atoms with Crippen LogP contribution < -0.4 is 5.32 Å². The molecule has 5 heteroatoms. The Morgan fingerprint density at radius 3 is 2.59 bits per heavy atom. The predicted octanol–water partition coefficient (Wildman–Crippen LogP) is 1.42. The zero-order valence-electron chi connectivity index (χ0n) is 9.75. The van der Waals surface area contributed by atoms with E-state index in [0.717, 1.165) is 5.69 Å². The molecule has 0 saturated carbocycles. The summed E-state index contributed by atoms with van der Waals surface area (Å²) in [6, 6.07) is 10.2. The maximum atomic E-state index is 8.65. The third kappa shape index (κ3) is 2.32. The molecule has 1 aromatic heterocycles. The molecule has 2 rings (SSSR count). The van der Waals surface area contributed by atoms with Crippen molar-refractivity contribution in [1.29, 1.82) is 5.26 Å². The molecule has 86 valence electrons. The number of rotatable bonds is 3. The SMILES string of the molecule is CNC(C)c1ccc(-n2cnc(C#N)n2)cc1. The fourth-order valence-electron chi connectivity index (χ4n) is 1.52. The minimum absolute atomic E-state index is 0.178. The Kier molecular flexibility index (Phi) is 3.17. The van der Waals surface area contributed by atoms with Crippen LogP contribution in [0.25, 0.3) is 5.69 Å². The Bertz CT molecular complexity index is 535. The van der Waals surface area contributed by atoms with Crippen LogP contribution in [0.15, 0.2) is 30.6 Å². The molecule has 0 saturated heterocycles. The Morgan fingerprint density at radius 2 is 2.06 bits per heavy atom. The van der Waals surface area contributed by atoms with Gasteiger partial charge in [-0.25, -0.2) is 9.67 Å². The summed E-state index contributed by atoms with van der Waals surface area (Å²) in [5.41, 5.74) is 2.10. The van der Waals surface area contributed by atoms with E-state index in [4.69, 9.17) is 5.26 Å². The number of nitrogens with zero attached hydrogens (tertiary/aromatic N) is 4. The summed E-state index contributed by atoms with van der Waals surface area (Å²) in [6.07, 6.45) is 1.54. The van der Waals surface area contributed by atoms with E-state index in [1.807, 2.05) is 37.4 Å². The van der Waals surface area contributed by atoms with Gasteiger partial charge in [0.05, 0.1) is 5.69 Å². The van der Waals surface area contributed by atoms with E-state index in [2.05, 4.69) is 22.3 Å². The van der Waals surface area contributed by atoms with Gasteiger partial charge in [-0.3, -0.25) is 0 Å². The lowest BCUT2D eigenvalue weighted by molar-refractivity contribution is 0.652. The largest absolute Gasteiger partial charge is 0.313 e. The van der Waals surface area contributed by atoms with E-state index < -0.39 is 0 Å². The second-order valence-corrected chi connectivity index (χ2v) is 3.73. The highest BCUT2D eigenvalue weighted by Gasteiger charge is 2.04. The second kappa shape index (κ2) is 4.76. The second-order valence-electron chi connectivity index (χ2n) is 3.73. The normalized spacial score (nSPS) is 12.1. The monoisotopic (exact) mass is 227 g/mol. The molecule has 1 N–H and O–H groups in total. The van der Waals surface area contributed by atoms with E-state index in [-0.39, 0.29) is 5.82 Å². The van der Waals surface area contributed by atoms with Crippen molar-refractivity contribution in [2.45, 2.75) is 13.0 Å². The summed E-state index contributed by atoms with van der Waals surface area (Å²) >= 11 is 0. The zero-order valence-corrected chi connectivity index (χ0v) is 9.75. The molecule has 1 aromatic carbocycles. The van der Waals surface area contributed by atoms with Crippen molar-refractivity contribution in [2.24, 2.45) is 0 Å². The Labute approximate surface area is 99.7 Å². The van der Waals surface area contributed by atoms with Crippen LogP contribution in [-0.2, 0) is 0 Å². The first-order valence-corrected chi connectivity index (χ1v) is 5.34. The van der Waals surface area contributed by atoms with Crippen molar-refractivity contribution < 1.29 is 0 Å². The number of benzene rings is 1. The van der Waals surface area contributed by atoms with Gasteiger partial charge in [0.2, 0.25) is 0 Å². The summed E-state index contributed by atoms with van der Waals surface area (Å²) in [4.78, 5) is 3.86. The van der Waals surface area contributed by atoms with Gasteiger partial charge in [0.15, 0.2) is 0 Å². The van der Waals surface area contributed by atoms with Gasteiger partial charge >= 0.3 is 0 Å². The van der Waals surface area contributed by atoms with E-state index in [1.165, 1.54) is 11.9 Å². The summed E-state index contributed by atoms with van der Waals surface area (Å²) in [6.45, 7) is 2.10. The van der Waals surface area contributed by atoms with E-state index >= 15 is 0 Å². The summed E-state index contributed by atoms with van der Waals surface area (Å²) < 4.78 is 1.59. The van der Waals surface area contributed by atoms with Crippen molar-refractivity contribution in [3.63, 3.8) is 0 Å². The van der Waals surface area contributed by atoms with Gasteiger partial charge in [0.1, 0.15) is 12.4 Å². The lowest BCUT2D eigenvalue weighted by Gasteiger charge is -2.10. The van der Waals surface area contributed by atoms with E-state index in [0.29, 0.717) is 6.04 Å². The molecule has 0 spiro atoms. The maximum absolute atomic E-state index is 8.65. The standard InChI is InChI=1S/C12H13N5/c1-9(14-2)10-3-5-11(6-4-10)17-8-15-12(7-13)16-17/h3-6,8-9,14H,1-2H3. The van der Waals surface area contributed by atoms with Crippen LogP contribution in [0.2, 0.25) is 0 Å². The van der Waals surface area contributed by atoms with Crippen molar-refractivity contribution in [2.75, 3.05) is 7.05 Å². The lowest BCUT2D eigenvalue weighted by atomic mass is 10.1. The quantitative estimate of drug-likeness (QED) is 0.861. The Hall–Kier alpha value is -2.19. The molecule has 0 fully saturated rings. The fourth-order valence-corrected chi connectivity index (χ4v) is 1.52. The van der Waals surface area contributed by atoms with Crippen molar-refractivity contribution in [3.8, 4) is 11.8 Å². The average Bonchev–Trinajstić information content (AvgIpc) is 2.87. The van der Waals surface area contributed by atoms with Crippen LogP contribution >= 0.6 is 0 Å². The van der Waals surface area contributed by atoms with Crippen LogP contribution in [0.3, 0.4) is 0 Å². The molecule has 0 aliphatic carbocycles. The van der Waals surface area contributed by atoms with Gasteiger partial charge in [-0.2, -0.15) is 5.26 Å². The molecule has 0 aliphatic heterocycles. The highest BCUT2D eigenvalue weighted by atomic mass is 15.3. The van der Waals surface area contributed by atoms with Gasteiger partial charge in [0.25, 0.3) is 5.82 Å². The first-order valence-electron chi connectivity index (χ1n) is 5.34. The van der Waals surface area contributed by atoms with Crippen LogP contribution in [0, 0.1) is 11.3 Å². The summed E-state index contributed by atoms with van der Waals surface area (Å²) in [5, 5.41) is 15.8. The van der Waals surface area contributed by atoms with E-state index in [1.54, 1.807) is 4.68 Å². The van der Waals surface area contributed by atoms with Gasteiger partial charge in [-0.15, -0.1) is 5.10 Å². The molecule has 1 heterocycles. The Morgan fingerprint density at radius 1 is 1.35 bits per heavy atom. The fraction of sp³-hybridized carbons (Fsp3) is 0.250. The number of nitriles is 1. The zero-order chi connectivity index (χ0) is 12.3. The molecule has 0 aliphatic rings. The van der Waals surface area contributed by atoms with E-state index in [9.17, 15) is 0 Å². The molecule has 1 atom stereocenters. The van der Waals surface area contributed by atoms with Crippen molar-refractivity contribution in [3.05, 3.63) is 42.0 Å². The van der Waals surface area contributed by atoms with Crippen LogP contribution in [0.4, 0.5) is 0 Å². The van der Waals surface area contributed by atoms with Gasteiger partial charge in [-0.1, -0.05) is 12.1 Å². The third-order valence-electron chi connectivity index (χ3n) is 2.68. The minimum atomic E-state index is 0.178. The van der Waals surface area contributed by atoms with Crippen molar-refractivity contribution in [1.82, 2.24) is 20.1 Å². The minimum Gasteiger partial charge on any atom is -0.313 e. The number of nitrogens with one attached hydrogen (secondary N) is 1. The molecule has 1 unspecified atom stereocenters. The van der Waals surface area contributed by atoms with Crippen molar-refractivity contribution >= 4 is 0 Å². The first-order chi connectivity index (χ1) is 8.24. The number of hydrogen-bond donors (Lipinski definition) is 1.